The Morgan fingerprint density at radius 2 is 1.79 bits per heavy atom. The molecule has 3 N–H and O–H groups in total. The summed E-state index contributed by atoms with van der Waals surface area (Å²) >= 11 is 5.15. The zero-order chi connectivity index (χ0) is 21.1. The largest absolute Gasteiger partial charge is 0.496 e. The summed E-state index contributed by atoms with van der Waals surface area (Å²) in [6.07, 6.45) is 3.02. The van der Waals surface area contributed by atoms with E-state index in [9.17, 15) is 9.59 Å². The predicted octanol–water partition coefficient (Wildman–Crippen LogP) is 2.60. The van der Waals surface area contributed by atoms with E-state index in [0.717, 1.165) is 5.56 Å². The first-order valence-corrected chi connectivity index (χ1v) is 9.24. The summed E-state index contributed by atoms with van der Waals surface area (Å²) in [5.41, 5.74) is 1.95. The quantitative estimate of drug-likeness (QED) is 0.350. The van der Waals surface area contributed by atoms with Crippen LogP contribution in [0.15, 0.2) is 54.6 Å². The van der Waals surface area contributed by atoms with Gasteiger partial charge in [-0.25, -0.2) is 0 Å². The third-order valence-corrected chi connectivity index (χ3v) is 3.99. The van der Waals surface area contributed by atoms with Crippen molar-refractivity contribution in [2.24, 2.45) is 0 Å². The Morgan fingerprint density at radius 3 is 2.48 bits per heavy atom. The predicted molar refractivity (Wildman–Crippen MR) is 117 cm³/mol. The van der Waals surface area contributed by atoms with Crippen LogP contribution in [0.2, 0.25) is 0 Å². The fraction of sp³-hybridized carbons (Fsp3) is 0.190. The number of amides is 2. The Balaban J connectivity index is 1.86. The highest BCUT2D eigenvalue weighted by molar-refractivity contribution is 7.80. The van der Waals surface area contributed by atoms with E-state index in [1.165, 1.54) is 6.08 Å². The molecule has 8 heteroatoms. The average molecular weight is 413 g/mol. The van der Waals surface area contributed by atoms with Crippen LogP contribution in [0.5, 0.6) is 5.75 Å². The number of para-hydroxylation sites is 1. The van der Waals surface area contributed by atoms with E-state index in [4.69, 9.17) is 21.7 Å². The standard InChI is InChI=1S/C21H23N3O4S/c1-27-14-13-22-20(26)16-7-10-17(11-8-16)23-21(29)24-19(25)12-9-15-5-3-4-6-18(15)28-2/h3-12H,13-14H2,1-2H3,(H,22,26)(H2,23,24,25,29)/b12-9+. The van der Waals surface area contributed by atoms with E-state index >= 15 is 0 Å². The second-order valence-electron chi connectivity index (χ2n) is 5.84. The van der Waals surface area contributed by atoms with Crippen molar-refractivity contribution in [2.75, 3.05) is 32.7 Å². The van der Waals surface area contributed by atoms with Gasteiger partial charge in [-0.1, -0.05) is 18.2 Å². The molecule has 0 spiro atoms. The maximum atomic E-state index is 12.1. The molecule has 0 aliphatic carbocycles. The Hall–Kier alpha value is -3.23. The molecule has 2 amide bonds. The van der Waals surface area contributed by atoms with Crippen LogP contribution in [-0.4, -0.2) is 44.3 Å². The molecular formula is C21H23N3O4S. The summed E-state index contributed by atoms with van der Waals surface area (Å²) < 4.78 is 10.1. The zero-order valence-electron chi connectivity index (χ0n) is 16.2. The van der Waals surface area contributed by atoms with Crippen molar-refractivity contribution in [1.82, 2.24) is 10.6 Å². The molecule has 0 radical (unpaired) electrons. The molecule has 0 saturated heterocycles. The zero-order valence-corrected chi connectivity index (χ0v) is 17.0. The first kappa shape index (κ1) is 22.1. The fourth-order valence-electron chi connectivity index (χ4n) is 2.36. The minimum atomic E-state index is -0.373. The van der Waals surface area contributed by atoms with Crippen LogP contribution >= 0.6 is 12.2 Å². The molecule has 0 aliphatic heterocycles. The van der Waals surface area contributed by atoms with Crippen LogP contribution in [0.1, 0.15) is 15.9 Å². The first-order chi connectivity index (χ1) is 14.0. The molecule has 2 aromatic rings. The monoisotopic (exact) mass is 413 g/mol. The highest BCUT2D eigenvalue weighted by atomic mass is 32.1. The van der Waals surface area contributed by atoms with Crippen molar-refractivity contribution in [1.29, 1.82) is 0 Å². The van der Waals surface area contributed by atoms with Gasteiger partial charge in [0.15, 0.2) is 5.11 Å². The maximum absolute atomic E-state index is 12.1. The third kappa shape index (κ3) is 7.36. The van der Waals surface area contributed by atoms with Crippen LogP contribution in [-0.2, 0) is 9.53 Å². The van der Waals surface area contributed by atoms with Gasteiger partial charge in [0.2, 0.25) is 5.91 Å². The van der Waals surface area contributed by atoms with Crippen LogP contribution in [0.3, 0.4) is 0 Å². The number of nitrogens with one attached hydrogen (secondary N) is 3. The molecule has 0 aromatic heterocycles. The van der Waals surface area contributed by atoms with Gasteiger partial charge in [0, 0.05) is 36.5 Å². The number of methoxy groups -OCH3 is 2. The van der Waals surface area contributed by atoms with Gasteiger partial charge in [-0.15, -0.1) is 0 Å². The van der Waals surface area contributed by atoms with Crippen molar-refractivity contribution >= 4 is 40.9 Å². The Kier molecular flexibility index (Phi) is 8.81. The SMILES string of the molecule is COCCNC(=O)c1ccc(NC(=S)NC(=O)/C=C/c2ccccc2OC)cc1. The highest BCUT2D eigenvalue weighted by Gasteiger charge is 2.06. The van der Waals surface area contributed by atoms with Gasteiger partial charge in [-0.2, -0.15) is 0 Å². The van der Waals surface area contributed by atoms with E-state index in [-0.39, 0.29) is 16.9 Å². The van der Waals surface area contributed by atoms with Crippen molar-refractivity contribution in [3.05, 3.63) is 65.7 Å². The van der Waals surface area contributed by atoms with Gasteiger partial charge >= 0.3 is 0 Å². The summed E-state index contributed by atoms with van der Waals surface area (Å²) in [5.74, 6) is 0.108. The Bertz CT molecular complexity index is 882. The number of benzene rings is 2. The number of hydrogen-bond donors (Lipinski definition) is 3. The van der Waals surface area contributed by atoms with Gasteiger partial charge in [0.25, 0.3) is 5.91 Å². The molecule has 0 aliphatic rings. The van der Waals surface area contributed by atoms with Gasteiger partial charge in [0.05, 0.1) is 13.7 Å². The molecule has 2 aromatic carbocycles. The Morgan fingerprint density at radius 1 is 1.07 bits per heavy atom. The van der Waals surface area contributed by atoms with Crippen molar-refractivity contribution in [3.63, 3.8) is 0 Å². The lowest BCUT2D eigenvalue weighted by Gasteiger charge is -2.09. The molecule has 0 atom stereocenters. The van der Waals surface area contributed by atoms with Crippen LogP contribution in [0.4, 0.5) is 5.69 Å². The normalized spacial score (nSPS) is 10.4. The number of ether oxygens (including phenoxy) is 2. The van der Waals surface area contributed by atoms with Crippen LogP contribution in [0.25, 0.3) is 6.08 Å². The summed E-state index contributed by atoms with van der Waals surface area (Å²) in [6.45, 7) is 0.888. The number of carbonyl (C=O) groups excluding carboxylic acids is 2. The van der Waals surface area contributed by atoms with Crippen LogP contribution in [0, 0.1) is 0 Å². The minimum absolute atomic E-state index is 0.150. The molecule has 2 rings (SSSR count). The topological polar surface area (TPSA) is 88.7 Å². The summed E-state index contributed by atoms with van der Waals surface area (Å²) in [5, 5.41) is 8.36. The lowest BCUT2D eigenvalue weighted by atomic mass is 10.2. The maximum Gasteiger partial charge on any atom is 0.251 e. The average Bonchev–Trinajstić information content (AvgIpc) is 2.73. The van der Waals surface area contributed by atoms with E-state index in [1.807, 2.05) is 24.3 Å². The van der Waals surface area contributed by atoms with Crippen molar-refractivity contribution in [3.8, 4) is 5.75 Å². The second kappa shape index (κ2) is 11.6. The molecule has 152 valence electrons. The molecule has 0 heterocycles. The first-order valence-electron chi connectivity index (χ1n) is 8.83. The van der Waals surface area contributed by atoms with Crippen molar-refractivity contribution < 1.29 is 19.1 Å². The number of hydrogen-bond acceptors (Lipinski definition) is 5. The third-order valence-electron chi connectivity index (χ3n) is 3.79. The lowest BCUT2D eigenvalue weighted by molar-refractivity contribution is -0.115. The molecule has 0 saturated carbocycles. The van der Waals surface area contributed by atoms with Gasteiger partial charge in [0.1, 0.15) is 5.75 Å². The van der Waals surface area contributed by atoms with E-state index < -0.39 is 0 Å². The number of rotatable bonds is 8. The molecule has 7 nitrogen and oxygen atoms in total. The number of anilines is 1. The summed E-state index contributed by atoms with van der Waals surface area (Å²) in [7, 11) is 3.14. The van der Waals surface area contributed by atoms with Crippen molar-refractivity contribution in [2.45, 2.75) is 0 Å². The fourth-order valence-corrected chi connectivity index (χ4v) is 2.58. The van der Waals surface area contributed by atoms with Gasteiger partial charge in [-0.05, 0) is 48.6 Å². The second-order valence-corrected chi connectivity index (χ2v) is 6.25. The summed E-state index contributed by atoms with van der Waals surface area (Å²) in [6, 6.07) is 14.1. The highest BCUT2D eigenvalue weighted by Crippen LogP contribution is 2.18. The molecule has 0 unspecified atom stereocenters. The molecule has 0 fully saturated rings. The summed E-state index contributed by atoms with van der Waals surface area (Å²) in [4.78, 5) is 24.0. The van der Waals surface area contributed by atoms with E-state index in [1.54, 1.807) is 44.6 Å². The lowest BCUT2D eigenvalue weighted by Crippen LogP contribution is -2.32. The van der Waals surface area contributed by atoms with E-state index in [2.05, 4.69) is 16.0 Å². The number of carbonyl (C=O) groups is 2. The number of thiocarbonyl (C=S) groups is 1. The van der Waals surface area contributed by atoms with E-state index in [0.29, 0.717) is 30.2 Å². The molecule has 0 bridgehead atoms. The molecule has 29 heavy (non-hydrogen) atoms. The van der Waals surface area contributed by atoms with Gasteiger partial charge in [-0.3, -0.25) is 14.9 Å². The minimum Gasteiger partial charge on any atom is -0.496 e. The smallest absolute Gasteiger partial charge is 0.251 e. The Labute approximate surface area is 175 Å². The van der Waals surface area contributed by atoms with Crippen LogP contribution < -0.4 is 20.7 Å². The molecular weight excluding hydrogens is 390 g/mol. The van der Waals surface area contributed by atoms with Gasteiger partial charge < -0.3 is 20.1 Å².